The molecule has 3 aromatic rings. The summed E-state index contributed by atoms with van der Waals surface area (Å²) in [4.78, 5) is 37.5. The number of rotatable bonds is 6. The maximum atomic E-state index is 13.2. The van der Waals surface area contributed by atoms with Crippen molar-refractivity contribution < 1.29 is 14.5 Å². The van der Waals surface area contributed by atoms with Gasteiger partial charge in [-0.3, -0.25) is 19.7 Å². The lowest BCUT2D eigenvalue weighted by molar-refractivity contribution is -0.384. The monoisotopic (exact) mass is 427 g/mol. The SMILES string of the molecule is O=C(Nc1ccc(N2CCCC2=O)cc1)/C(=C/c1cccc([N+](=O)[O-])c1)c1ccccc1. The third-order valence-electron chi connectivity index (χ3n) is 5.23. The summed E-state index contributed by atoms with van der Waals surface area (Å²) in [5.41, 5.74) is 2.97. The van der Waals surface area contributed by atoms with Crippen LogP contribution in [0.3, 0.4) is 0 Å². The number of anilines is 2. The lowest BCUT2D eigenvalue weighted by atomic mass is 10.0. The molecule has 0 radical (unpaired) electrons. The Balaban J connectivity index is 1.60. The van der Waals surface area contributed by atoms with Crippen LogP contribution in [0.25, 0.3) is 11.6 Å². The Morgan fingerprint density at radius 3 is 2.41 bits per heavy atom. The quantitative estimate of drug-likeness (QED) is 0.262. The molecule has 3 aromatic carbocycles. The van der Waals surface area contributed by atoms with Gasteiger partial charge in [-0.05, 0) is 47.9 Å². The third kappa shape index (κ3) is 4.73. The van der Waals surface area contributed by atoms with E-state index in [1.54, 1.807) is 35.2 Å². The molecule has 1 aliphatic heterocycles. The van der Waals surface area contributed by atoms with Gasteiger partial charge in [0.05, 0.1) is 4.92 Å². The van der Waals surface area contributed by atoms with Gasteiger partial charge in [0, 0.05) is 42.0 Å². The molecule has 32 heavy (non-hydrogen) atoms. The van der Waals surface area contributed by atoms with E-state index >= 15 is 0 Å². The average Bonchev–Trinajstić information content (AvgIpc) is 3.24. The molecule has 0 saturated carbocycles. The van der Waals surface area contributed by atoms with Crippen LogP contribution >= 0.6 is 0 Å². The Bertz CT molecular complexity index is 1190. The minimum atomic E-state index is -0.466. The Kier molecular flexibility index (Phi) is 6.07. The molecule has 0 atom stereocenters. The standard InChI is InChI=1S/C25H21N3O4/c29-24-10-5-15-27(24)21-13-11-20(12-14-21)26-25(30)23(19-7-2-1-3-8-19)17-18-6-4-9-22(16-18)28(31)32/h1-4,6-9,11-14,16-17H,5,10,15H2,(H,26,30)/b23-17+. The summed E-state index contributed by atoms with van der Waals surface area (Å²) in [5, 5.41) is 14.0. The van der Waals surface area contributed by atoms with Crippen LogP contribution in [-0.2, 0) is 9.59 Å². The van der Waals surface area contributed by atoms with Crippen LogP contribution in [0.2, 0.25) is 0 Å². The number of carbonyl (C=O) groups is 2. The van der Waals surface area contributed by atoms with E-state index in [-0.39, 0.29) is 17.5 Å². The maximum absolute atomic E-state index is 13.2. The Morgan fingerprint density at radius 2 is 1.75 bits per heavy atom. The second kappa shape index (κ2) is 9.26. The fourth-order valence-electron chi connectivity index (χ4n) is 3.64. The second-order valence-electron chi connectivity index (χ2n) is 7.43. The van der Waals surface area contributed by atoms with Gasteiger partial charge in [0.2, 0.25) is 5.91 Å². The number of hydrogen-bond donors (Lipinski definition) is 1. The Hall–Kier alpha value is -4.26. The number of non-ortho nitro benzene ring substituents is 1. The van der Waals surface area contributed by atoms with Gasteiger partial charge in [-0.25, -0.2) is 0 Å². The van der Waals surface area contributed by atoms with Crippen molar-refractivity contribution in [2.45, 2.75) is 12.8 Å². The third-order valence-corrected chi connectivity index (χ3v) is 5.23. The summed E-state index contributed by atoms with van der Waals surface area (Å²) in [6, 6.07) is 22.4. The van der Waals surface area contributed by atoms with Crippen LogP contribution in [0, 0.1) is 10.1 Å². The van der Waals surface area contributed by atoms with E-state index in [4.69, 9.17) is 0 Å². The molecule has 0 aromatic heterocycles. The summed E-state index contributed by atoms with van der Waals surface area (Å²) in [5.74, 6) is -0.235. The zero-order chi connectivity index (χ0) is 22.5. The Morgan fingerprint density at radius 1 is 1.00 bits per heavy atom. The van der Waals surface area contributed by atoms with Crippen molar-refractivity contribution in [2.75, 3.05) is 16.8 Å². The first-order valence-electron chi connectivity index (χ1n) is 10.2. The zero-order valence-electron chi connectivity index (χ0n) is 17.2. The number of nitrogens with zero attached hydrogens (tertiary/aromatic N) is 2. The summed E-state index contributed by atoms with van der Waals surface area (Å²) in [6.45, 7) is 0.703. The van der Waals surface area contributed by atoms with Crippen LogP contribution in [0.4, 0.5) is 17.1 Å². The number of benzene rings is 3. The number of hydrogen-bond acceptors (Lipinski definition) is 4. The number of nitro benzene ring substituents is 1. The van der Waals surface area contributed by atoms with Gasteiger partial charge in [0.15, 0.2) is 0 Å². The van der Waals surface area contributed by atoms with Crippen LogP contribution in [0.5, 0.6) is 0 Å². The summed E-state index contributed by atoms with van der Waals surface area (Å²) >= 11 is 0. The van der Waals surface area contributed by atoms with Gasteiger partial charge in [-0.2, -0.15) is 0 Å². The van der Waals surface area contributed by atoms with Gasteiger partial charge >= 0.3 is 0 Å². The molecule has 7 nitrogen and oxygen atoms in total. The van der Waals surface area contributed by atoms with Crippen molar-refractivity contribution in [1.29, 1.82) is 0 Å². The van der Waals surface area contributed by atoms with Gasteiger partial charge in [0.25, 0.3) is 11.6 Å². The first-order valence-corrected chi connectivity index (χ1v) is 10.2. The van der Waals surface area contributed by atoms with Crippen molar-refractivity contribution >= 4 is 40.5 Å². The van der Waals surface area contributed by atoms with Crippen LogP contribution < -0.4 is 10.2 Å². The zero-order valence-corrected chi connectivity index (χ0v) is 17.2. The fraction of sp³-hybridized carbons (Fsp3) is 0.120. The molecule has 2 amide bonds. The summed E-state index contributed by atoms with van der Waals surface area (Å²) in [7, 11) is 0. The number of amides is 2. The highest BCUT2D eigenvalue weighted by Gasteiger charge is 2.21. The first-order chi connectivity index (χ1) is 15.5. The molecule has 1 aliphatic rings. The fourth-order valence-corrected chi connectivity index (χ4v) is 3.64. The second-order valence-corrected chi connectivity index (χ2v) is 7.43. The highest BCUT2D eigenvalue weighted by atomic mass is 16.6. The summed E-state index contributed by atoms with van der Waals surface area (Å²) < 4.78 is 0. The van der Waals surface area contributed by atoms with Crippen molar-refractivity contribution in [3.05, 3.63) is 100 Å². The van der Waals surface area contributed by atoms with E-state index in [1.165, 1.54) is 12.1 Å². The molecule has 0 bridgehead atoms. The van der Waals surface area contributed by atoms with Crippen molar-refractivity contribution in [1.82, 2.24) is 0 Å². The number of nitro groups is 1. The van der Waals surface area contributed by atoms with Crippen molar-refractivity contribution in [3.63, 3.8) is 0 Å². The first kappa shape index (κ1) is 21.0. The van der Waals surface area contributed by atoms with Gasteiger partial charge < -0.3 is 10.2 Å². The van der Waals surface area contributed by atoms with Crippen LogP contribution in [0.15, 0.2) is 78.9 Å². The van der Waals surface area contributed by atoms with Gasteiger partial charge in [-0.1, -0.05) is 42.5 Å². The lowest BCUT2D eigenvalue weighted by Crippen LogP contribution is -2.23. The Labute approximate surface area is 185 Å². The smallest absolute Gasteiger partial charge is 0.270 e. The molecule has 1 heterocycles. The van der Waals surface area contributed by atoms with E-state index in [0.717, 1.165) is 12.1 Å². The maximum Gasteiger partial charge on any atom is 0.270 e. The number of nitrogens with one attached hydrogen (secondary N) is 1. The topological polar surface area (TPSA) is 92.6 Å². The molecule has 1 fully saturated rings. The predicted molar refractivity (Wildman–Crippen MR) is 124 cm³/mol. The molecule has 7 heteroatoms. The van der Waals surface area contributed by atoms with E-state index in [0.29, 0.717) is 35.4 Å². The molecule has 1 N–H and O–H groups in total. The molecular formula is C25H21N3O4. The molecule has 0 spiro atoms. The summed E-state index contributed by atoms with van der Waals surface area (Å²) in [6.07, 6.45) is 3.04. The molecular weight excluding hydrogens is 406 g/mol. The van der Waals surface area contributed by atoms with Crippen molar-refractivity contribution in [2.24, 2.45) is 0 Å². The van der Waals surface area contributed by atoms with E-state index in [2.05, 4.69) is 5.32 Å². The molecule has 4 rings (SSSR count). The van der Waals surface area contributed by atoms with E-state index < -0.39 is 4.92 Å². The largest absolute Gasteiger partial charge is 0.322 e. The minimum Gasteiger partial charge on any atom is -0.322 e. The number of carbonyl (C=O) groups excluding carboxylic acids is 2. The normalized spacial score (nSPS) is 13.8. The highest BCUT2D eigenvalue weighted by Crippen LogP contribution is 2.25. The molecule has 0 unspecified atom stereocenters. The predicted octanol–water partition coefficient (Wildman–Crippen LogP) is 4.90. The average molecular weight is 427 g/mol. The molecule has 0 aliphatic carbocycles. The van der Waals surface area contributed by atoms with Crippen LogP contribution in [-0.4, -0.2) is 23.3 Å². The van der Waals surface area contributed by atoms with Crippen LogP contribution in [0.1, 0.15) is 24.0 Å². The molecule has 1 saturated heterocycles. The van der Waals surface area contributed by atoms with Gasteiger partial charge in [-0.15, -0.1) is 0 Å². The lowest BCUT2D eigenvalue weighted by Gasteiger charge is -2.16. The van der Waals surface area contributed by atoms with Gasteiger partial charge in [0.1, 0.15) is 0 Å². The van der Waals surface area contributed by atoms with E-state index in [1.807, 2.05) is 42.5 Å². The highest BCUT2D eigenvalue weighted by molar-refractivity contribution is 6.29. The molecule has 160 valence electrons. The van der Waals surface area contributed by atoms with Crippen molar-refractivity contribution in [3.8, 4) is 0 Å². The minimum absolute atomic E-state index is 0.0429. The van der Waals surface area contributed by atoms with E-state index in [9.17, 15) is 19.7 Å².